The summed E-state index contributed by atoms with van der Waals surface area (Å²) in [4.78, 5) is 25.1. The summed E-state index contributed by atoms with van der Waals surface area (Å²) in [6.07, 6.45) is 2.66. The van der Waals surface area contributed by atoms with Gasteiger partial charge in [-0.2, -0.15) is 0 Å². The second-order valence-electron chi connectivity index (χ2n) is 12.2. The van der Waals surface area contributed by atoms with Crippen LogP contribution in [0.1, 0.15) is 66.2 Å². The summed E-state index contributed by atoms with van der Waals surface area (Å²) in [6.45, 7) is 9.62. The van der Waals surface area contributed by atoms with Crippen LogP contribution in [-0.2, 0) is 22.7 Å². The molecule has 2 aromatic carbocycles. The van der Waals surface area contributed by atoms with Gasteiger partial charge in [0.2, 0.25) is 11.8 Å². The molecule has 0 aliphatic heterocycles. The van der Waals surface area contributed by atoms with E-state index in [0.29, 0.717) is 60.0 Å². The Labute approximate surface area is 268 Å². The summed E-state index contributed by atoms with van der Waals surface area (Å²) in [7, 11) is 3.12. The molecule has 0 unspecified atom stereocenters. The Morgan fingerprint density at radius 1 is 0.696 bits per heavy atom. The van der Waals surface area contributed by atoms with Crippen LogP contribution in [0.2, 0.25) is 0 Å². The number of ether oxygens (including phenoxy) is 2. The number of azo groups is 2. The molecular weight excluding hydrogens is 588 g/mol. The van der Waals surface area contributed by atoms with E-state index in [1.165, 1.54) is 0 Å². The van der Waals surface area contributed by atoms with E-state index in [4.69, 9.17) is 9.47 Å². The lowest BCUT2D eigenvalue weighted by molar-refractivity contribution is -0.120. The van der Waals surface area contributed by atoms with Crippen LogP contribution in [0.25, 0.3) is 21.8 Å². The van der Waals surface area contributed by atoms with Crippen molar-refractivity contribution in [2.24, 2.45) is 32.3 Å². The number of carbonyl (C=O) groups excluding carboxylic acids is 2. The molecule has 12 nitrogen and oxygen atoms in total. The molecule has 2 amide bonds. The van der Waals surface area contributed by atoms with Crippen molar-refractivity contribution in [3.05, 3.63) is 36.4 Å². The maximum Gasteiger partial charge on any atom is 0.264 e. The number of nitrogens with zero attached hydrogens (tertiary/aromatic N) is 6. The van der Waals surface area contributed by atoms with Crippen LogP contribution in [0.15, 0.2) is 56.9 Å². The zero-order chi connectivity index (χ0) is 33.4. The first kappa shape index (κ1) is 34.1. The van der Waals surface area contributed by atoms with Crippen LogP contribution in [0, 0.1) is 11.8 Å². The molecule has 4 aromatic rings. The fourth-order valence-electron chi connectivity index (χ4n) is 5.15. The second-order valence-corrected chi connectivity index (χ2v) is 12.2. The number of amides is 2. The minimum absolute atomic E-state index is 0.0519. The standard InChI is InChI=1S/C34H44N6O6/c1-21(2)15-17-39-27-13-11-23(45-5)19-25(27)31(33(39)43)37-35-29(41)9-7-8-10-30(42)36-38-32-26-20-24(46-6)12-14-28(26)40(34(32)44)18-16-22(3)4/h11-14,19-22,43-44H,7-10,15-18H2,1-6H3. The molecule has 0 spiro atoms. The minimum atomic E-state index is -0.465. The number of hydrogen-bond acceptors (Lipinski definition) is 8. The molecule has 12 heteroatoms. The van der Waals surface area contributed by atoms with Gasteiger partial charge in [0.25, 0.3) is 11.8 Å². The summed E-state index contributed by atoms with van der Waals surface area (Å²) in [5.41, 5.74) is 1.99. The Morgan fingerprint density at radius 2 is 1.09 bits per heavy atom. The first-order valence-electron chi connectivity index (χ1n) is 15.7. The third kappa shape index (κ3) is 8.09. The Balaban J connectivity index is 1.37. The molecule has 0 atom stereocenters. The third-order valence-corrected chi connectivity index (χ3v) is 7.85. The molecule has 0 aliphatic carbocycles. The van der Waals surface area contributed by atoms with Gasteiger partial charge in [0.05, 0.1) is 25.3 Å². The van der Waals surface area contributed by atoms with Gasteiger partial charge in [-0.15, -0.1) is 20.5 Å². The zero-order valence-electron chi connectivity index (χ0n) is 27.5. The van der Waals surface area contributed by atoms with E-state index in [1.54, 1.807) is 35.5 Å². The van der Waals surface area contributed by atoms with Crippen molar-refractivity contribution in [2.75, 3.05) is 14.2 Å². The van der Waals surface area contributed by atoms with Gasteiger partial charge in [-0.1, -0.05) is 27.7 Å². The molecule has 246 valence electrons. The molecule has 0 saturated carbocycles. The molecular formula is C34H44N6O6. The van der Waals surface area contributed by atoms with Gasteiger partial charge in [0, 0.05) is 36.7 Å². The summed E-state index contributed by atoms with van der Waals surface area (Å²) in [5.74, 6) is 1.04. The number of rotatable bonds is 15. The largest absolute Gasteiger partial charge is 0.497 e. The molecule has 46 heavy (non-hydrogen) atoms. The summed E-state index contributed by atoms with van der Waals surface area (Å²) in [6, 6.07) is 10.9. The highest BCUT2D eigenvalue weighted by Gasteiger charge is 2.20. The van der Waals surface area contributed by atoms with Crippen LogP contribution < -0.4 is 9.47 Å². The summed E-state index contributed by atoms with van der Waals surface area (Å²) < 4.78 is 14.2. The molecule has 2 aromatic heterocycles. The quantitative estimate of drug-likeness (QED) is 0.0988. The molecule has 0 bridgehead atoms. The normalized spacial score (nSPS) is 12.1. The lowest BCUT2D eigenvalue weighted by atomic mass is 10.1. The zero-order valence-corrected chi connectivity index (χ0v) is 27.5. The fourth-order valence-corrected chi connectivity index (χ4v) is 5.15. The smallest absolute Gasteiger partial charge is 0.264 e. The number of methoxy groups -OCH3 is 2. The van der Waals surface area contributed by atoms with Gasteiger partial charge in [-0.05, 0) is 73.9 Å². The SMILES string of the molecule is COc1ccc2c(c1)c(N=NC(=O)CCCCC(=O)N=Nc1c(O)n(CCC(C)C)c3ccc(OC)cc13)c(O)n2CCC(C)C. The van der Waals surface area contributed by atoms with E-state index in [1.807, 2.05) is 24.3 Å². The highest BCUT2D eigenvalue weighted by Crippen LogP contribution is 2.42. The van der Waals surface area contributed by atoms with E-state index in [0.717, 1.165) is 23.9 Å². The van der Waals surface area contributed by atoms with Crippen molar-refractivity contribution in [3.8, 4) is 23.3 Å². The summed E-state index contributed by atoms with van der Waals surface area (Å²) in [5, 5.41) is 39.1. The Kier molecular flexibility index (Phi) is 11.5. The number of hydrogen-bond donors (Lipinski definition) is 2. The summed E-state index contributed by atoms with van der Waals surface area (Å²) >= 11 is 0. The van der Waals surface area contributed by atoms with Crippen LogP contribution in [0.4, 0.5) is 11.4 Å². The third-order valence-electron chi connectivity index (χ3n) is 7.85. The highest BCUT2D eigenvalue weighted by molar-refractivity contribution is 5.97. The van der Waals surface area contributed by atoms with Crippen LogP contribution in [0.5, 0.6) is 23.3 Å². The molecule has 4 rings (SSSR count). The van der Waals surface area contributed by atoms with E-state index in [2.05, 4.69) is 48.2 Å². The number of benzene rings is 2. The van der Waals surface area contributed by atoms with Crippen molar-refractivity contribution < 1.29 is 29.3 Å². The maximum atomic E-state index is 12.5. The average Bonchev–Trinajstić information content (AvgIpc) is 3.45. The van der Waals surface area contributed by atoms with Gasteiger partial charge in [0.15, 0.2) is 11.4 Å². The Morgan fingerprint density at radius 3 is 1.43 bits per heavy atom. The molecule has 0 aliphatic rings. The van der Waals surface area contributed by atoms with Gasteiger partial charge < -0.3 is 28.8 Å². The average molecular weight is 633 g/mol. The number of carbonyl (C=O) groups is 2. The van der Waals surface area contributed by atoms with E-state index < -0.39 is 11.8 Å². The fraction of sp³-hybridized carbons (Fsp3) is 0.471. The number of aryl methyl sites for hydroxylation is 2. The van der Waals surface area contributed by atoms with E-state index in [9.17, 15) is 19.8 Å². The van der Waals surface area contributed by atoms with Crippen molar-refractivity contribution in [1.82, 2.24) is 9.13 Å². The van der Waals surface area contributed by atoms with Crippen molar-refractivity contribution in [3.63, 3.8) is 0 Å². The first-order chi connectivity index (χ1) is 22.0. The monoisotopic (exact) mass is 632 g/mol. The topological polar surface area (TPSA) is 152 Å². The van der Waals surface area contributed by atoms with Crippen molar-refractivity contribution in [2.45, 2.75) is 79.3 Å². The Bertz CT molecular complexity index is 1620. The number of aromatic hydroxyl groups is 2. The second kappa shape index (κ2) is 15.5. The molecule has 2 N–H and O–H groups in total. The van der Waals surface area contributed by atoms with Gasteiger partial charge in [-0.3, -0.25) is 9.59 Å². The van der Waals surface area contributed by atoms with Crippen LogP contribution in [-0.4, -0.2) is 45.4 Å². The lowest BCUT2D eigenvalue weighted by Gasteiger charge is -2.09. The van der Waals surface area contributed by atoms with E-state index in [-0.39, 0.29) is 36.0 Å². The van der Waals surface area contributed by atoms with Crippen molar-refractivity contribution >= 4 is 45.0 Å². The molecule has 0 saturated heterocycles. The van der Waals surface area contributed by atoms with Crippen LogP contribution >= 0.6 is 0 Å². The maximum absolute atomic E-state index is 12.5. The van der Waals surface area contributed by atoms with E-state index >= 15 is 0 Å². The highest BCUT2D eigenvalue weighted by atomic mass is 16.5. The molecule has 0 fully saturated rings. The van der Waals surface area contributed by atoms with Gasteiger partial charge in [-0.25, -0.2) is 0 Å². The number of unbranched alkanes of at least 4 members (excludes halogenated alkanes) is 1. The minimum Gasteiger partial charge on any atom is -0.497 e. The van der Waals surface area contributed by atoms with Crippen LogP contribution in [0.3, 0.4) is 0 Å². The first-order valence-corrected chi connectivity index (χ1v) is 15.7. The molecule has 0 radical (unpaired) electrons. The molecule has 2 heterocycles. The number of fused-ring (bicyclic) bond motifs is 2. The van der Waals surface area contributed by atoms with Gasteiger partial charge >= 0.3 is 0 Å². The number of aromatic nitrogens is 2. The van der Waals surface area contributed by atoms with Gasteiger partial charge in [0.1, 0.15) is 11.5 Å². The lowest BCUT2D eigenvalue weighted by Crippen LogP contribution is -2.00. The Hall–Kier alpha value is -4.74. The predicted octanol–water partition coefficient (Wildman–Crippen LogP) is 8.60. The predicted molar refractivity (Wildman–Crippen MR) is 177 cm³/mol. The van der Waals surface area contributed by atoms with Crippen molar-refractivity contribution in [1.29, 1.82) is 0 Å².